The third-order valence-electron chi connectivity index (χ3n) is 4.05. The van der Waals surface area contributed by atoms with Gasteiger partial charge in [0.2, 0.25) is 0 Å². The van der Waals surface area contributed by atoms with Crippen molar-refractivity contribution >= 4 is 0 Å². The predicted molar refractivity (Wildman–Crippen MR) is 83.9 cm³/mol. The maximum Gasteiger partial charge on any atom is 0.161 e. The van der Waals surface area contributed by atoms with Crippen LogP contribution in [0.3, 0.4) is 0 Å². The summed E-state index contributed by atoms with van der Waals surface area (Å²) in [6.07, 6.45) is 0.904. The van der Waals surface area contributed by atoms with E-state index in [9.17, 15) is 0 Å². The van der Waals surface area contributed by atoms with Gasteiger partial charge in [0.15, 0.2) is 11.5 Å². The molecule has 0 amide bonds. The van der Waals surface area contributed by atoms with Gasteiger partial charge in [0.05, 0.1) is 18.8 Å². The van der Waals surface area contributed by atoms with Crippen LogP contribution in [0.2, 0.25) is 0 Å². The fraction of sp³-hybridized carbons (Fsp3) is 0.333. The van der Waals surface area contributed by atoms with E-state index in [1.54, 1.807) is 0 Å². The Kier molecular flexibility index (Phi) is 3.60. The largest absolute Gasteiger partial charge is 0.490 e. The zero-order valence-electron chi connectivity index (χ0n) is 12.6. The predicted octanol–water partition coefficient (Wildman–Crippen LogP) is 3.38. The van der Waals surface area contributed by atoms with Crippen molar-refractivity contribution < 1.29 is 9.47 Å². The maximum atomic E-state index is 6.64. The molecular formula is C18H21NO2. The highest BCUT2D eigenvalue weighted by atomic mass is 16.5. The van der Waals surface area contributed by atoms with Crippen molar-refractivity contribution in [2.24, 2.45) is 5.73 Å². The van der Waals surface area contributed by atoms with Gasteiger partial charge in [0, 0.05) is 6.42 Å². The number of benzene rings is 2. The first-order valence-electron chi connectivity index (χ1n) is 7.34. The van der Waals surface area contributed by atoms with Crippen LogP contribution in [0.5, 0.6) is 11.5 Å². The number of hydrogen-bond donors (Lipinski definition) is 1. The van der Waals surface area contributed by atoms with Gasteiger partial charge in [-0.25, -0.2) is 0 Å². The summed E-state index contributed by atoms with van der Waals surface area (Å²) in [6, 6.07) is 14.2. The Bertz CT molecular complexity index is 649. The molecule has 0 radical (unpaired) electrons. The minimum atomic E-state index is -0.559. The Labute approximate surface area is 125 Å². The highest BCUT2D eigenvalue weighted by molar-refractivity contribution is 5.49. The molecule has 3 heteroatoms. The monoisotopic (exact) mass is 283 g/mol. The van der Waals surface area contributed by atoms with Crippen molar-refractivity contribution in [3.8, 4) is 11.5 Å². The van der Waals surface area contributed by atoms with E-state index < -0.39 is 5.54 Å². The maximum absolute atomic E-state index is 6.64. The molecule has 0 fully saturated rings. The van der Waals surface area contributed by atoms with E-state index in [4.69, 9.17) is 15.2 Å². The van der Waals surface area contributed by atoms with Gasteiger partial charge in [-0.2, -0.15) is 0 Å². The Hall–Kier alpha value is -2.00. The lowest BCUT2D eigenvalue weighted by molar-refractivity contribution is 0.297. The first-order valence-corrected chi connectivity index (χ1v) is 7.34. The second kappa shape index (κ2) is 5.41. The molecule has 110 valence electrons. The standard InChI is InChI=1S/C18H21NO2/c1-13-6-3-4-7-15(13)18(2,19)14-8-9-16-17(12-14)21-11-5-10-20-16/h3-4,6-9,12H,5,10-11,19H2,1-2H3. The van der Waals surface area contributed by atoms with Crippen molar-refractivity contribution in [2.45, 2.75) is 25.8 Å². The molecule has 0 spiro atoms. The van der Waals surface area contributed by atoms with E-state index in [0.29, 0.717) is 13.2 Å². The number of nitrogens with two attached hydrogens (primary N) is 1. The molecule has 0 saturated heterocycles. The van der Waals surface area contributed by atoms with Crippen molar-refractivity contribution in [3.63, 3.8) is 0 Å². The van der Waals surface area contributed by atoms with Crippen LogP contribution >= 0.6 is 0 Å². The third-order valence-corrected chi connectivity index (χ3v) is 4.05. The minimum absolute atomic E-state index is 0.559. The Balaban J connectivity index is 2.03. The molecule has 2 aromatic carbocycles. The molecular weight excluding hydrogens is 262 g/mol. The zero-order chi connectivity index (χ0) is 14.9. The number of fused-ring (bicyclic) bond motifs is 1. The highest BCUT2D eigenvalue weighted by Gasteiger charge is 2.26. The Morgan fingerprint density at radius 3 is 2.48 bits per heavy atom. The first-order chi connectivity index (χ1) is 10.1. The Morgan fingerprint density at radius 2 is 1.71 bits per heavy atom. The van der Waals surface area contributed by atoms with E-state index in [0.717, 1.165) is 29.0 Å². The fourth-order valence-corrected chi connectivity index (χ4v) is 2.80. The molecule has 0 saturated carbocycles. The average molecular weight is 283 g/mol. The molecule has 1 aliphatic heterocycles. The minimum Gasteiger partial charge on any atom is -0.490 e. The summed E-state index contributed by atoms with van der Waals surface area (Å²) in [5, 5.41) is 0. The molecule has 0 bridgehead atoms. The van der Waals surface area contributed by atoms with Gasteiger partial charge < -0.3 is 15.2 Å². The topological polar surface area (TPSA) is 44.5 Å². The smallest absolute Gasteiger partial charge is 0.161 e. The van der Waals surface area contributed by atoms with Crippen molar-refractivity contribution in [3.05, 3.63) is 59.2 Å². The average Bonchev–Trinajstić information content (AvgIpc) is 2.72. The van der Waals surface area contributed by atoms with E-state index in [-0.39, 0.29) is 0 Å². The quantitative estimate of drug-likeness (QED) is 0.919. The summed E-state index contributed by atoms with van der Waals surface area (Å²) in [5.41, 5.74) is 9.42. The number of hydrogen-bond acceptors (Lipinski definition) is 3. The number of rotatable bonds is 2. The van der Waals surface area contributed by atoms with Crippen molar-refractivity contribution in [1.29, 1.82) is 0 Å². The lowest BCUT2D eigenvalue weighted by Gasteiger charge is -2.28. The molecule has 1 unspecified atom stereocenters. The van der Waals surface area contributed by atoms with Crippen LogP contribution in [0.1, 0.15) is 30.0 Å². The first kappa shape index (κ1) is 14.0. The van der Waals surface area contributed by atoms with Gasteiger partial charge in [-0.15, -0.1) is 0 Å². The van der Waals surface area contributed by atoms with Gasteiger partial charge in [0.1, 0.15) is 0 Å². The van der Waals surface area contributed by atoms with Gasteiger partial charge in [0.25, 0.3) is 0 Å². The Morgan fingerprint density at radius 1 is 1.00 bits per heavy atom. The molecule has 1 atom stereocenters. The van der Waals surface area contributed by atoms with Gasteiger partial charge in [-0.3, -0.25) is 0 Å². The van der Waals surface area contributed by atoms with Crippen LogP contribution in [0.25, 0.3) is 0 Å². The summed E-state index contributed by atoms with van der Waals surface area (Å²) >= 11 is 0. The summed E-state index contributed by atoms with van der Waals surface area (Å²) < 4.78 is 11.4. The molecule has 2 aromatic rings. The van der Waals surface area contributed by atoms with Crippen molar-refractivity contribution in [2.75, 3.05) is 13.2 Å². The SMILES string of the molecule is Cc1ccccc1C(C)(N)c1ccc2c(c1)OCCCO2. The van der Waals surface area contributed by atoms with Crippen LogP contribution in [-0.4, -0.2) is 13.2 Å². The molecule has 2 N–H and O–H groups in total. The lowest BCUT2D eigenvalue weighted by atomic mass is 9.83. The molecule has 0 aromatic heterocycles. The zero-order valence-corrected chi connectivity index (χ0v) is 12.6. The summed E-state index contributed by atoms with van der Waals surface area (Å²) in [5.74, 6) is 1.59. The lowest BCUT2D eigenvalue weighted by Crippen LogP contribution is -2.35. The molecule has 3 nitrogen and oxygen atoms in total. The van der Waals surface area contributed by atoms with Crippen LogP contribution in [0, 0.1) is 6.92 Å². The number of ether oxygens (including phenoxy) is 2. The van der Waals surface area contributed by atoms with Crippen LogP contribution in [0.4, 0.5) is 0 Å². The van der Waals surface area contributed by atoms with Crippen LogP contribution in [0.15, 0.2) is 42.5 Å². The fourth-order valence-electron chi connectivity index (χ4n) is 2.80. The van der Waals surface area contributed by atoms with E-state index in [1.807, 2.05) is 37.3 Å². The van der Waals surface area contributed by atoms with Crippen LogP contribution in [-0.2, 0) is 5.54 Å². The van der Waals surface area contributed by atoms with E-state index >= 15 is 0 Å². The third kappa shape index (κ3) is 2.61. The molecule has 21 heavy (non-hydrogen) atoms. The second-order valence-electron chi connectivity index (χ2n) is 5.73. The molecule has 3 rings (SSSR count). The van der Waals surface area contributed by atoms with Gasteiger partial charge in [-0.1, -0.05) is 30.3 Å². The van der Waals surface area contributed by atoms with Crippen LogP contribution < -0.4 is 15.2 Å². The molecule has 1 heterocycles. The molecule has 0 aliphatic carbocycles. The second-order valence-corrected chi connectivity index (χ2v) is 5.73. The van der Waals surface area contributed by atoms with Crippen molar-refractivity contribution in [1.82, 2.24) is 0 Å². The summed E-state index contributed by atoms with van der Waals surface area (Å²) in [4.78, 5) is 0. The van der Waals surface area contributed by atoms with E-state index in [2.05, 4.69) is 19.1 Å². The highest BCUT2D eigenvalue weighted by Crippen LogP contribution is 2.36. The van der Waals surface area contributed by atoms with Gasteiger partial charge in [-0.05, 0) is 42.7 Å². The normalized spacial score (nSPS) is 16.9. The molecule has 1 aliphatic rings. The number of aryl methyl sites for hydroxylation is 1. The van der Waals surface area contributed by atoms with E-state index in [1.165, 1.54) is 5.56 Å². The van der Waals surface area contributed by atoms with Gasteiger partial charge >= 0.3 is 0 Å². The summed E-state index contributed by atoms with van der Waals surface area (Å²) in [6.45, 7) is 5.50. The summed E-state index contributed by atoms with van der Waals surface area (Å²) in [7, 11) is 0.